The molecule has 4 nitrogen and oxygen atoms in total. The summed E-state index contributed by atoms with van der Waals surface area (Å²) in [5.74, 6) is -0.326. The van der Waals surface area contributed by atoms with E-state index in [4.69, 9.17) is 11.5 Å². The second-order valence-electron chi connectivity index (χ2n) is 6.28. The van der Waals surface area contributed by atoms with Crippen molar-refractivity contribution in [3.8, 4) is 0 Å². The van der Waals surface area contributed by atoms with Gasteiger partial charge in [0.15, 0.2) is 0 Å². The van der Waals surface area contributed by atoms with E-state index in [9.17, 15) is 4.79 Å². The lowest BCUT2D eigenvalue weighted by molar-refractivity contribution is -0.119. The molecule has 0 saturated heterocycles. The maximum absolute atomic E-state index is 11.5. The van der Waals surface area contributed by atoms with Gasteiger partial charge < -0.3 is 11.5 Å². The number of hydrogen-bond donors (Lipinski definition) is 2. The molecule has 4 heteroatoms. The molecule has 0 aliphatic carbocycles. The maximum Gasteiger partial charge on any atom is 0.231 e. The molecule has 2 rings (SSSR count). The Morgan fingerprint density at radius 3 is 2.42 bits per heavy atom. The number of anilines is 1. The van der Waals surface area contributed by atoms with Crippen molar-refractivity contribution >= 4 is 11.6 Å². The van der Waals surface area contributed by atoms with Crippen LogP contribution in [0.3, 0.4) is 0 Å². The number of primary amides is 1. The normalized spacial score (nSPS) is 12.3. The molecule has 1 amide bonds. The zero-order valence-corrected chi connectivity index (χ0v) is 14.5. The highest BCUT2D eigenvalue weighted by molar-refractivity contribution is 5.76. The van der Waals surface area contributed by atoms with Crippen LogP contribution in [-0.2, 0) is 17.8 Å². The van der Waals surface area contributed by atoms with Crippen molar-refractivity contribution in [3.05, 3.63) is 65.2 Å². The van der Waals surface area contributed by atoms with Gasteiger partial charge in [0.1, 0.15) is 0 Å². The number of hydrogen-bond acceptors (Lipinski definition) is 3. The summed E-state index contributed by atoms with van der Waals surface area (Å²) in [6, 6.07) is 16.4. The highest BCUT2D eigenvalue weighted by Crippen LogP contribution is 2.23. The minimum Gasteiger partial charge on any atom is -0.399 e. The van der Waals surface area contributed by atoms with Crippen LogP contribution < -0.4 is 11.5 Å². The third kappa shape index (κ3) is 5.10. The molecule has 2 aromatic carbocycles. The van der Waals surface area contributed by atoms with Gasteiger partial charge in [0.25, 0.3) is 0 Å². The molecule has 0 spiro atoms. The first kappa shape index (κ1) is 18.0. The lowest BCUT2D eigenvalue weighted by atomic mass is 10.0. The summed E-state index contributed by atoms with van der Waals surface area (Å²) in [6.45, 7) is 5.12. The Balaban J connectivity index is 2.17. The fourth-order valence-electron chi connectivity index (χ4n) is 2.92. The summed E-state index contributed by atoms with van der Waals surface area (Å²) in [5.41, 5.74) is 15.6. The largest absolute Gasteiger partial charge is 0.399 e. The van der Waals surface area contributed by atoms with E-state index in [0.29, 0.717) is 6.54 Å². The minimum absolute atomic E-state index is 0.0922. The highest BCUT2D eigenvalue weighted by Gasteiger charge is 2.18. The predicted octanol–water partition coefficient (Wildman–Crippen LogP) is 3.27. The molecule has 0 saturated carbocycles. The number of rotatable bonds is 8. The van der Waals surface area contributed by atoms with E-state index in [0.717, 1.165) is 24.1 Å². The van der Waals surface area contributed by atoms with E-state index in [1.807, 2.05) is 24.3 Å². The standard InChI is InChI=1S/C20H27N3O/c1-3-5-16-8-10-18(11-9-16)15(2)23(14-20(22)24)13-17-6-4-7-19(21)12-17/h4,6-12,15H,3,5,13-14,21H2,1-2H3,(H2,22,24). The van der Waals surface area contributed by atoms with Crippen molar-refractivity contribution < 1.29 is 4.79 Å². The van der Waals surface area contributed by atoms with E-state index in [1.165, 1.54) is 11.1 Å². The molecular weight excluding hydrogens is 298 g/mol. The van der Waals surface area contributed by atoms with E-state index >= 15 is 0 Å². The molecule has 0 bridgehead atoms. The van der Waals surface area contributed by atoms with Crippen LogP contribution in [0.15, 0.2) is 48.5 Å². The summed E-state index contributed by atoms with van der Waals surface area (Å²) < 4.78 is 0. The van der Waals surface area contributed by atoms with Gasteiger partial charge in [0.05, 0.1) is 6.54 Å². The molecule has 128 valence electrons. The van der Waals surface area contributed by atoms with Crippen LogP contribution in [0.5, 0.6) is 0 Å². The van der Waals surface area contributed by atoms with Gasteiger partial charge in [-0.2, -0.15) is 0 Å². The van der Waals surface area contributed by atoms with Gasteiger partial charge in [-0.15, -0.1) is 0 Å². The zero-order valence-electron chi connectivity index (χ0n) is 14.5. The highest BCUT2D eigenvalue weighted by atomic mass is 16.1. The number of carbonyl (C=O) groups excluding carboxylic acids is 1. The first-order valence-electron chi connectivity index (χ1n) is 8.45. The summed E-state index contributed by atoms with van der Waals surface area (Å²) >= 11 is 0. The van der Waals surface area contributed by atoms with Crippen molar-refractivity contribution in [3.63, 3.8) is 0 Å². The van der Waals surface area contributed by atoms with Crippen LogP contribution in [0.2, 0.25) is 0 Å². The van der Waals surface area contributed by atoms with Crippen LogP contribution in [0.4, 0.5) is 5.69 Å². The lowest BCUT2D eigenvalue weighted by Crippen LogP contribution is -2.35. The molecule has 0 heterocycles. The quantitative estimate of drug-likeness (QED) is 0.732. The van der Waals surface area contributed by atoms with Crippen LogP contribution in [0, 0.1) is 0 Å². The van der Waals surface area contributed by atoms with Gasteiger partial charge in [0.2, 0.25) is 5.91 Å². The molecule has 0 fully saturated rings. The second kappa shape index (κ2) is 8.50. The smallest absolute Gasteiger partial charge is 0.231 e. The van der Waals surface area contributed by atoms with Gasteiger partial charge in [-0.1, -0.05) is 49.7 Å². The van der Waals surface area contributed by atoms with Gasteiger partial charge in [0, 0.05) is 18.3 Å². The Morgan fingerprint density at radius 2 is 1.83 bits per heavy atom. The molecule has 4 N–H and O–H groups in total. The van der Waals surface area contributed by atoms with Crippen molar-refractivity contribution in [2.45, 2.75) is 39.3 Å². The third-order valence-electron chi connectivity index (χ3n) is 4.24. The number of aryl methyl sites for hydroxylation is 1. The van der Waals surface area contributed by atoms with Gasteiger partial charge >= 0.3 is 0 Å². The number of nitrogen functional groups attached to an aromatic ring is 1. The Hall–Kier alpha value is -2.33. The molecule has 0 aliphatic rings. The molecule has 0 aromatic heterocycles. The van der Waals surface area contributed by atoms with Crippen LogP contribution in [-0.4, -0.2) is 17.4 Å². The zero-order chi connectivity index (χ0) is 17.5. The lowest BCUT2D eigenvalue weighted by Gasteiger charge is -2.28. The SMILES string of the molecule is CCCc1ccc(C(C)N(CC(N)=O)Cc2cccc(N)c2)cc1. The molecule has 24 heavy (non-hydrogen) atoms. The fraction of sp³-hybridized carbons (Fsp3) is 0.350. The third-order valence-corrected chi connectivity index (χ3v) is 4.24. The van der Waals surface area contributed by atoms with E-state index < -0.39 is 0 Å². The maximum atomic E-state index is 11.5. The van der Waals surface area contributed by atoms with E-state index in [2.05, 4.69) is 43.0 Å². The van der Waals surface area contributed by atoms with Crippen LogP contribution in [0.25, 0.3) is 0 Å². The molecular formula is C20H27N3O. The molecule has 1 unspecified atom stereocenters. The number of carbonyl (C=O) groups is 1. The average molecular weight is 325 g/mol. The van der Waals surface area contributed by atoms with Gasteiger partial charge in [-0.25, -0.2) is 0 Å². The van der Waals surface area contributed by atoms with Gasteiger partial charge in [-0.3, -0.25) is 9.69 Å². The second-order valence-corrected chi connectivity index (χ2v) is 6.28. The van der Waals surface area contributed by atoms with E-state index in [1.54, 1.807) is 0 Å². The number of nitrogens with zero attached hydrogens (tertiary/aromatic N) is 1. The number of nitrogens with two attached hydrogens (primary N) is 2. The van der Waals surface area contributed by atoms with E-state index in [-0.39, 0.29) is 18.5 Å². The first-order chi connectivity index (χ1) is 11.5. The summed E-state index contributed by atoms with van der Waals surface area (Å²) in [5, 5.41) is 0. The van der Waals surface area contributed by atoms with Crippen LogP contribution in [0.1, 0.15) is 43.0 Å². The summed E-state index contributed by atoms with van der Waals surface area (Å²) in [4.78, 5) is 13.6. The Bertz CT molecular complexity index is 667. The Labute approximate surface area is 144 Å². The Morgan fingerprint density at radius 1 is 1.12 bits per heavy atom. The summed E-state index contributed by atoms with van der Waals surface area (Å²) in [6.07, 6.45) is 2.22. The van der Waals surface area contributed by atoms with Crippen molar-refractivity contribution in [1.29, 1.82) is 0 Å². The topological polar surface area (TPSA) is 72.3 Å². The predicted molar refractivity (Wildman–Crippen MR) is 99.3 cm³/mol. The molecule has 1 atom stereocenters. The minimum atomic E-state index is -0.326. The van der Waals surface area contributed by atoms with Crippen molar-refractivity contribution in [2.24, 2.45) is 5.73 Å². The Kier molecular flexibility index (Phi) is 6.38. The number of benzene rings is 2. The van der Waals surface area contributed by atoms with Crippen molar-refractivity contribution in [1.82, 2.24) is 4.90 Å². The average Bonchev–Trinajstić information content (AvgIpc) is 2.54. The first-order valence-corrected chi connectivity index (χ1v) is 8.45. The molecule has 0 radical (unpaired) electrons. The fourth-order valence-corrected chi connectivity index (χ4v) is 2.92. The van der Waals surface area contributed by atoms with Gasteiger partial charge in [-0.05, 0) is 42.2 Å². The van der Waals surface area contributed by atoms with Crippen LogP contribution >= 0.6 is 0 Å². The van der Waals surface area contributed by atoms with Crippen molar-refractivity contribution in [2.75, 3.05) is 12.3 Å². The number of amides is 1. The summed E-state index contributed by atoms with van der Waals surface area (Å²) in [7, 11) is 0. The monoisotopic (exact) mass is 325 g/mol. The molecule has 0 aliphatic heterocycles. The molecule has 2 aromatic rings.